The Hall–Kier alpha value is -0.940. The van der Waals surface area contributed by atoms with Gasteiger partial charge >= 0.3 is 0 Å². The average Bonchev–Trinajstić information content (AvgIpc) is 2.64. The van der Waals surface area contributed by atoms with Crippen molar-refractivity contribution in [3.63, 3.8) is 0 Å². The molecule has 1 aromatic rings. The molecule has 0 atom stereocenters. The van der Waals surface area contributed by atoms with Crippen LogP contribution in [0.15, 0.2) is 4.52 Å². The van der Waals surface area contributed by atoms with Crippen LogP contribution in [0, 0.1) is 0 Å². The van der Waals surface area contributed by atoms with E-state index in [4.69, 9.17) is 15.0 Å². The molecule has 1 fully saturated rings. The van der Waals surface area contributed by atoms with Gasteiger partial charge in [-0.15, -0.1) is 0 Å². The fraction of sp³-hybridized carbons (Fsp3) is 0.833. The van der Waals surface area contributed by atoms with E-state index in [1.165, 1.54) is 38.5 Å². The highest BCUT2D eigenvalue weighted by molar-refractivity contribution is 4.95. The largest absolute Gasteiger partial charge is 0.370 e. The monoisotopic (exact) mass is 239 g/mol. The van der Waals surface area contributed by atoms with Crippen LogP contribution in [-0.4, -0.2) is 23.3 Å². The first-order valence-corrected chi connectivity index (χ1v) is 6.50. The van der Waals surface area contributed by atoms with Crippen LogP contribution in [0.4, 0.5) is 0 Å². The minimum atomic E-state index is 0.372. The van der Waals surface area contributed by atoms with Gasteiger partial charge in [-0.2, -0.15) is 4.98 Å². The zero-order chi connectivity index (χ0) is 11.9. The van der Waals surface area contributed by atoms with Crippen molar-refractivity contribution >= 4 is 0 Å². The molecule has 96 valence electrons. The van der Waals surface area contributed by atoms with Crippen molar-refractivity contribution in [3.05, 3.63) is 11.7 Å². The number of nitrogens with zero attached hydrogens (tertiary/aromatic N) is 2. The first-order chi connectivity index (χ1) is 8.40. The summed E-state index contributed by atoms with van der Waals surface area (Å²) in [5, 5.41) is 4.06. The molecule has 5 heteroatoms. The third kappa shape index (κ3) is 3.78. The molecule has 1 heterocycles. The van der Waals surface area contributed by atoms with Crippen LogP contribution in [0.5, 0.6) is 0 Å². The molecule has 17 heavy (non-hydrogen) atoms. The van der Waals surface area contributed by atoms with E-state index in [0.29, 0.717) is 31.6 Å². The Kier molecular flexibility index (Phi) is 4.94. The summed E-state index contributed by atoms with van der Waals surface area (Å²) >= 11 is 0. The van der Waals surface area contributed by atoms with E-state index in [9.17, 15) is 0 Å². The van der Waals surface area contributed by atoms with Gasteiger partial charge in [-0.3, -0.25) is 0 Å². The Morgan fingerprint density at radius 3 is 2.71 bits per heavy atom. The third-order valence-corrected chi connectivity index (χ3v) is 3.19. The number of hydrogen-bond donors (Lipinski definition) is 1. The maximum atomic E-state index is 5.34. The minimum absolute atomic E-state index is 0.372. The maximum absolute atomic E-state index is 5.34. The molecular formula is C12H21N3O2. The maximum Gasteiger partial charge on any atom is 0.252 e. The second-order valence-corrected chi connectivity index (χ2v) is 4.58. The first kappa shape index (κ1) is 12.5. The minimum Gasteiger partial charge on any atom is -0.370 e. The Bertz CT molecular complexity index is 319. The summed E-state index contributed by atoms with van der Waals surface area (Å²) in [5.74, 6) is 1.90. The molecule has 0 aromatic carbocycles. The van der Waals surface area contributed by atoms with Gasteiger partial charge in [-0.05, 0) is 12.8 Å². The van der Waals surface area contributed by atoms with Crippen molar-refractivity contribution in [2.45, 2.75) is 51.0 Å². The zero-order valence-corrected chi connectivity index (χ0v) is 10.2. The van der Waals surface area contributed by atoms with E-state index in [1.54, 1.807) is 0 Å². The summed E-state index contributed by atoms with van der Waals surface area (Å²) in [6, 6.07) is 0. The lowest BCUT2D eigenvalue weighted by Gasteiger charge is -2.07. The number of rotatable bonds is 5. The van der Waals surface area contributed by atoms with Gasteiger partial charge in [0, 0.05) is 12.5 Å². The van der Waals surface area contributed by atoms with Crippen molar-refractivity contribution < 1.29 is 9.26 Å². The normalized spacial score (nSPS) is 18.2. The topological polar surface area (TPSA) is 74.2 Å². The predicted molar refractivity (Wildman–Crippen MR) is 63.5 cm³/mol. The van der Waals surface area contributed by atoms with Crippen LogP contribution in [0.25, 0.3) is 0 Å². The Balaban J connectivity index is 1.87. The molecule has 1 aromatic heterocycles. The van der Waals surface area contributed by atoms with Crippen molar-refractivity contribution in [1.82, 2.24) is 10.1 Å². The van der Waals surface area contributed by atoms with Gasteiger partial charge < -0.3 is 15.0 Å². The van der Waals surface area contributed by atoms with Gasteiger partial charge in [0.2, 0.25) is 0 Å². The summed E-state index contributed by atoms with van der Waals surface area (Å²) in [5.41, 5.74) is 5.34. The highest BCUT2D eigenvalue weighted by atomic mass is 16.5. The number of ether oxygens (including phenoxy) is 1. The highest BCUT2D eigenvalue weighted by Crippen LogP contribution is 2.29. The molecule has 1 aliphatic carbocycles. The summed E-state index contributed by atoms with van der Waals surface area (Å²) in [6.45, 7) is 1.42. The SMILES string of the molecule is NCCOCc1nc(C2CCCCCC2)no1. The second-order valence-electron chi connectivity index (χ2n) is 4.58. The standard InChI is InChI=1S/C12H21N3O2/c13-7-8-16-9-11-14-12(15-17-11)10-5-3-1-2-4-6-10/h10H,1-9,13H2. The highest BCUT2D eigenvalue weighted by Gasteiger charge is 2.19. The second kappa shape index (κ2) is 6.71. The number of aromatic nitrogens is 2. The summed E-state index contributed by atoms with van der Waals surface area (Å²) in [4.78, 5) is 4.40. The molecule has 2 rings (SSSR count). The van der Waals surface area contributed by atoms with E-state index < -0.39 is 0 Å². The molecule has 5 nitrogen and oxygen atoms in total. The van der Waals surface area contributed by atoms with E-state index in [0.717, 1.165) is 5.82 Å². The predicted octanol–water partition coefficient (Wildman–Crippen LogP) is 1.98. The molecule has 0 radical (unpaired) electrons. The average molecular weight is 239 g/mol. The smallest absolute Gasteiger partial charge is 0.252 e. The molecule has 1 aliphatic rings. The molecule has 0 amide bonds. The lowest BCUT2D eigenvalue weighted by atomic mass is 10.00. The van der Waals surface area contributed by atoms with Gasteiger partial charge in [-0.1, -0.05) is 30.8 Å². The summed E-state index contributed by atoms with van der Waals surface area (Å²) in [7, 11) is 0. The molecule has 0 unspecified atom stereocenters. The van der Waals surface area contributed by atoms with Gasteiger partial charge in [0.1, 0.15) is 6.61 Å². The van der Waals surface area contributed by atoms with Crippen molar-refractivity contribution in [2.75, 3.05) is 13.2 Å². The molecule has 1 saturated carbocycles. The lowest BCUT2D eigenvalue weighted by Crippen LogP contribution is -2.08. The van der Waals surface area contributed by atoms with Crippen LogP contribution in [0.1, 0.15) is 56.2 Å². The van der Waals surface area contributed by atoms with Gasteiger partial charge in [0.05, 0.1) is 6.61 Å². The quantitative estimate of drug-likeness (QED) is 0.628. The Morgan fingerprint density at radius 2 is 2.00 bits per heavy atom. The number of nitrogens with two attached hydrogens (primary N) is 1. The molecule has 0 aliphatic heterocycles. The van der Waals surface area contributed by atoms with Crippen LogP contribution in [0.3, 0.4) is 0 Å². The zero-order valence-electron chi connectivity index (χ0n) is 10.2. The van der Waals surface area contributed by atoms with Crippen LogP contribution >= 0.6 is 0 Å². The van der Waals surface area contributed by atoms with Crippen molar-refractivity contribution in [2.24, 2.45) is 5.73 Å². The van der Waals surface area contributed by atoms with Gasteiger partial charge in [0.15, 0.2) is 5.82 Å². The first-order valence-electron chi connectivity index (χ1n) is 6.50. The van der Waals surface area contributed by atoms with Crippen LogP contribution in [0.2, 0.25) is 0 Å². The van der Waals surface area contributed by atoms with E-state index in [1.807, 2.05) is 0 Å². The fourth-order valence-electron chi connectivity index (χ4n) is 2.27. The lowest BCUT2D eigenvalue weighted by molar-refractivity contribution is 0.104. The van der Waals surface area contributed by atoms with Gasteiger partial charge in [0.25, 0.3) is 5.89 Å². The molecule has 0 bridgehead atoms. The molecule has 2 N–H and O–H groups in total. The Morgan fingerprint density at radius 1 is 1.24 bits per heavy atom. The molecular weight excluding hydrogens is 218 g/mol. The fourth-order valence-corrected chi connectivity index (χ4v) is 2.27. The van der Waals surface area contributed by atoms with Crippen molar-refractivity contribution in [1.29, 1.82) is 0 Å². The summed E-state index contributed by atoms with van der Waals surface area (Å²) in [6.07, 6.45) is 7.59. The molecule has 0 spiro atoms. The Labute approximate surface area is 102 Å². The van der Waals surface area contributed by atoms with Gasteiger partial charge in [-0.25, -0.2) is 0 Å². The molecule has 0 saturated heterocycles. The third-order valence-electron chi connectivity index (χ3n) is 3.19. The van der Waals surface area contributed by atoms with E-state index >= 15 is 0 Å². The van der Waals surface area contributed by atoms with Crippen LogP contribution in [-0.2, 0) is 11.3 Å². The summed E-state index contributed by atoms with van der Waals surface area (Å²) < 4.78 is 10.5. The number of hydrogen-bond acceptors (Lipinski definition) is 5. The van der Waals surface area contributed by atoms with E-state index in [-0.39, 0.29) is 0 Å². The van der Waals surface area contributed by atoms with Crippen LogP contribution < -0.4 is 5.73 Å². The van der Waals surface area contributed by atoms with Crippen molar-refractivity contribution in [3.8, 4) is 0 Å². The van der Waals surface area contributed by atoms with E-state index in [2.05, 4.69) is 10.1 Å².